The van der Waals surface area contributed by atoms with Gasteiger partial charge in [-0.1, -0.05) is 12.1 Å². The van der Waals surface area contributed by atoms with Crippen LogP contribution in [0.15, 0.2) is 24.3 Å². The molecule has 2 rings (SSSR count). The van der Waals surface area contributed by atoms with E-state index >= 15 is 0 Å². The van der Waals surface area contributed by atoms with Crippen LogP contribution in [0.2, 0.25) is 0 Å². The molecule has 0 aromatic heterocycles. The summed E-state index contributed by atoms with van der Waals surface area (Å²) in [5.41, 5.74) is -0.640. The van der Waals surface area contributed by atoms with Gasteiger partial charge in [0.05, 0.1) is 17.7 Å². The minimum atomic E-state index is -1.23. The molecule has 2 N–H and O–H groups in total. The van der Waals surface area contributed by atoms with Crippen molar-refractivity contribution < 1.29 is 24.2 Å². The van der Waals surface area contributed by atoms with E-state index in [-0.39, 0.29) is 13.2 Å². The highest BCUT2D eigenvalue weighted by molar-refractivity contribution is 6.22. The number of ether oxygens (including phenoxy) is 1. The summed E-state index contributed by atoms with van der Waals surface area (Å²) in [6.45, 7) is 2.99. The van der Waals surface area contributed by atoms with Gasteiger partial charge >= 0.3 is 0 Å². The molecule has 23 heavy (non-hydrogen) atoms. The van der Waals surface area contributed by atoms with Gasteiger partial charge in [0.1, 0.15) is 11.6 Å². The van der Waals surface area contributed by atoms with Crippen LogP contribution >= 0.6 is 0 Å². The Bertz CT molecular complexity index is 606. The van der Waals surface area contributed by atoms with Gasteiger partial charge in [-0.3, -0.25) is 19.3 Å². The molecule has 0 saturated carbocycles. The number of rotatable bonds is 6. The molecule has 7 nitrogen and oxygen atoms in total. The molecule has 1 aliphatic heterocycles. The normalized spacial score (nSPS) is 17.7. The number of fused-ring (bicyclic) bond motifs is 1. The quantitative estimate of drug-likeness (QED) is 0.729. The number of hydrogen-bond donors (Lipinski definition) is 2. The number of benzene rings is 1. The van der Waals surface area contributed by atoms with Crippen molar-refractivity contribution in [3.63, 3.8) is 0 Å². The predicted molar refractivity (Wildman–Crippen MR) is 81.9 cm³/mol. The van der Waals surface area contributed by atoms with Crippen LogP contribution in [0.5, 0.6) is 0 Å². The second-order valence-corrected chi connectivity index (χ2v) is 5.85. The molecule has 0 aliphatic carbocycles. The van der Waals surface area contributed by atoms with E-state index in [1.54, 1.807) is 24.3 Å². The van der Waals surface area contributed by atoms with Crippen molar-refractivity contribution in [1.82, 2.24) is 10.2 Å². The molecule has 1 aromatic carbocycles. The summed E-state index contributed by atoms with van der Waals surface area (Å²) >= 11 is 0. The van der Waals surface area contributed by atoms with Crippen LogP contribution in [0.1, 0.15) is 34.6 Å². The maximum atomic E-state index is 12.3. The van der Waals surface area contributed by atoms with Crippen molar-refractivity contribution in [2.75, 3.05) is 20.3 Å². The Morgan fingerprint density at radius 3 is 2.30 bits per heavy atom. The van der Waals surface area contributed by atoms with Gasteiger partial charge in [0.2, 0.25) is 5.91 Å². The van der Waals surface area contributed by atoms with Gasteiger partial charge in [-0.2, -0.15) is 0 Å². The zero-order valence-corrected chi connectivity index (χ0v) is 13.3. The van der Waals surface area contributed by atoms with E-state index in [1.165, 1.54) is 21.0 Å². The maximum absolute atomic E-state index is 12.3. The lowest BCUT2D eigenvalue weighted by Gasteiger charge is -2.26. The summed E-state index contributed by atoms with van der Waals surface area (Å²) in [4.78, 5) is 37.8. The SMILES string of the molecule is COCC(C)(O)CNC(=O)[C@@H](C)N1C(=O)c2ccccc2C1=O. The van der Waals surface area contributed by atoms with Crippen molar-refractivity contribution >= 4 is 17.7 Å². The summed E-state index contributed by atoms with van der Waals surface area (Å²) in [6.07, 6.45) is 0. The minimum Gasteiger partial charge on any atom is -0.386 e. The first-order valence-electron chi connectivity index (χ1n) is 7.24. The molecule has 124 valence electrons. The summed E-state index contributed by atoms with van der Waals surface area (Å²) < 4.78 is 4.86. The minimum absolute atomic E-state index is 0.0484. The fourth-order valence-electron chi connectivity index (χ4n) is 2.46. The molecule has 1 aromatic rings. The fourth-order valence-corrected chi connectivity index (χ4v) is 2.46. The number of imide groups is 1. The monoisotopic (exact) mass is 320 g/mol. The molecule has 0 bridgehead atoms. The molecule has 2 atom stereocenters. The Kier molecular flexibility index (Phi) is 4.82. The van der Waals surface area contributed by atoms with Crippen molar-refractivity contribution in [2.24, 2.45) is 0 Å². The Balaban J connectivity index is 2.07. The maximum Gasteiger partial charge on any atom is 0.262 e. The van der Waals surface area contributed by atoms with Crippen molar-refractivity contribution in [2.45, 2.75) is 25.5 Å². The average Bonchev–Trinajstić information content (AvgIpc) is 2.76. The lowest BCUT2D eigenvalue weighted by molar-refractivity contribution is -0.126. The number of carbonyl (C=O) groups is 3. The van der Waals surface area contributed by atoms with Crippen LogP contribution in [0.25, 0.3) is 0 Å². The molecule has 0 fully saturated rings. The molecule has 1 heterocycles. The Hall–Kier alpha value is -2.25. The number of aliphatic hydroxyl groups is 1. The van der Waals surface area contributed by atoms with Crippen molar-refractivity contribution in [3.05, 3.63) is 35.4 Å². The highest BCUT2D eigenvalue weighted by Crippen LogP contribution is 2.24. The van der Waals surface area contributed by atoms with Gasteiger partial charge in [0.25, 0.3) is 11.8 Å². The molecule has 3 amide bonds. The van der Waals surface area contributed by atoms with E-state index in [0.29, 0.717) is 11.1 Å². The van der Waals surface area contributed by atoms with Gasteiger partial charge in [-0.15, -0.1) is 0 Å². The van der Waals surface area contributed by atoms with E-state index in [9.17, 15) is 19.5 Å². The molecule has 0 saturated heterocycles. The molecular weight excluding hydrogens is 300 g/mol. The first kappa shape index (κ1) is 17.1. The van der Waals surface area contributed by atoms with E-state index in [0.717, 1.165) is 4.90 Å². The highest BCUT2D eigenvalue weighted by Gasteiger charge is 2.40. The van der Waals surface area contributed by atoms with Crippen LogP contribution in [-0.2, 0) is 9.53 Å². The van der Waals surface area contributed by atoms with E-state index < -0.39 is 29.4 Å². The lowest BCUT2D eigenvalue weighted by Crippen LogP contribution is -2.51. The third kappa shape index (κ3) is 3.40. The number of amides is 3. The molecular formula is C16H20N2O5. The standard InChI is InChI=1S/C16H20N2O5/c1-10(13(19)17-8-16(2,22)9-23-3)18-14(20)11-6-4-5-7-12(11)15(18)21/h4-7,10,22H,8-9H2,1-3H3,(H,17,19)/t10-,16?/m1/s1. The smallest absolute Gasteiger partial charge is 0.262 e. The van der Waals surface area contributed by atoms with Crippen LogP contribution in [-0.4, -0.2) is 59.6 Å². The molecule has 1 unspecified atom stereocenters. The van der Waals surface area contributed by atoms with E-state index in [4.69, 9.17) is 4.74 Å². The van der Waals surface area contributed by atoms with E-state index in [2.05, 4.69) is 5.32 Å². The van der Waals surface area contributed by atoms with Crippen LogP contribution in [0, 0.1) is 0 Å². The van der Waals surface area contributed by atoms with Gasteiger partial charge in [0, 0.05) is 13.7 Å². The Labute approximate surface area is 134 Å². The van der Waals surface area contributed by atoms with Gasteiger partial charge < -0.3 is 15.2 Å². The predicted octanol–water partition coefficient (Wildman–Crippen LogP) is 0.185. The second-order valence-electron chi connectivity index (χ2n) is 5.85. The number of carbonyl (C=O) groups excluding carboxylic acids is 3. The number of nitrogens with one attached hydrogen (secondary N) is 1. The fraction of sp³-hybridized carbons (Fsp3) is 0.438. The van der Waals surface area contributed by atoms with Crippen LogP contribution in [0.4, 0.5) is 0 Å². The number of hydrogen-bond acceptors (Lipinski definition) is 5. The second kappa shape index (κ2) is 6.47. The zero-order chi connectivity index (χ0) is 17.2. The third-order valence-electron chi connectivity index (χ3n) is 3.69. The van der Waals surface area contributed by atoms with Gasteiger partial charge in [-0.05, 0) is 26.0 Å². The Morgan fingerprint density at radius 2 is 1.83 bits per heavy atom. The van der Waals surface area contributed by atoms with Crippen molar-refractivity contribution in [1.29, 1.82) is 0 Å². The number of methoxy groups -OCH3 is 1. The van der Waals surface area contributed by atoms with Crippen molar-refractivity contribution in [3.8, 4) is 0 Å². The topological polar surface area (TPSA) is 95.9 Å². The van der Waals surface area contributed by atoms with Gasteiger partial charge in [-0.25, -0.2) is 0 Å². The zero-order valence-electron chi connectivity index (χ0n) is 13.3. The third-order valence-corrected chi connectivity index (χ3v) is 3.69. The summed E-state index contributed by atoms with van der Waals surface area (Å²) in [5, 5.41) is 12.5. The average molecular weight is 320 g/mol. The van der Waals surface area contributed by atoms with Crippen LogP contribution < -0.4 is 5.32 Å². The van der Waals surface area contributed by atoms with Crippen LogP contribution in [0.3, 0.4) is 0 Å². The molecule has 0 radical (unpaired) electrons. The number of nitrogens with zero attached hydrogens (tertiary/aromatic N) is 1. The molecule has 7 heteroatoms. The summed E-state index contributed by atoms with van der Waals surface area (Å²) in [7, 11) is 1.44. The summed E-state index contributed by atoms with van der Waals surface area (Å²) in [6, 6.07) is 5.48. The molecule has 0 spiro atoms. The Morgan fingerprint density at radius 1 is 1.30 bits per heavy atom. The molecule has 1 aliphatic rings. The largest absolute Gasteiger partial charge is 0.386 e. The lowest BCUT2D eigenvalue weighted by atomic mass is 10.1. The summed E-state index contributed by atoms with van der Waals surface area (Å²) in [5.74, 6) is -1.50. The first-order chi connectivity index (χ1) is 10.8. The first-order valence-corrected chi connectivity index (χ1v) is 7.24. The van der Waals surface area contributed by atoms with E-state index in [1.807, 2.05) is 0 Å². The highest BCUT2D eigenvalue weighted by atomic mass is 16.5. The van der Waals surface area contributed by atoms with Gasteiger partial charge in [0.15, 0.2) is 0 Å².